The molecule has 0 aromatic carbocycles. The second-order valence-electron chi connectivity index (χ2n) is 7.08. The summed E-state index contributed by atoms with van der Waals surface area (Å²) < 4.78 is 0. The van der Waals surface area contributed by atoms with Crippen LogP contribution in [0.4, 0.5) is 0 Å². The average molecular weight is 300 g/mol. The van der Waals surface area contributed by atoms with E-state index in [-0.39, 0.29) is 6.10 Å². The SMILES string of the molecule is CC.CC(C)C(O)C1CCCC1.CC(C)NC1CCCC1. The summed E-state index contributed by atoms with van der Waals surface area (Å²) in [6.07, 6.45) is 10.8. The summed E-state index contributed by atoms with van der Waals surface area (Å²) in [5.74, 6) is 1.06. The van der Waals surface area contributed by atoms with E-state index in [4.69, 9.17) is 0 Å². The lowest BCUT2D eigenvalue weighted by Gasteiger charge is -2.20. The molecule has 1 atom stereocenters. The second kappa shape index (κ2) is 12.5. The standard InChI is InChI=1S/C9H18O.C8H17N.C2H6/c1-7(2)9(10)8-5-3-4-6-8;1-7(2)9-8-5-3-4-6-8;1-2/h7-10H,3-6H2,1-2H3;7-9H,3-6H2,1-2H3;1-2H3. The lowest BCUT2D eigenvalue weighted by atomic mass is 9.92. The third-order valence-corrected chi connectivity index (χ3v) is 4.49. The summed E-state index contributed by atoms with van der Waals surface area (Å²) in [6.45, 7) is 12.6. The van der Waals surface area contributed by atoms with Crippen molar-refractivity contribution in [3.05, 3.63) is 0 Å². The van der Waals surface area contributed by atoms with Gasteiger partial charge in [0.2, 0.25) is 0 Å². The Kier molecular flexibility index (Phi) is 12.4. The zero-order chi connectivity index (χ0) is 16.3. The summed E-state index contributed by atoms with van der Waals surface area (Å²) in [6, 6.07) is 1.51. The fraction of sp³-hybridized carbons (Fsp3) is 1.00. The molecule has 0 aromatic rings. The van der Waals surface area contributed by atoms with Gasteiger partial charge in [0.1, 0.15) is 0 Å². The van der Waals surface area contributed by atoms with E-state index in [0.717, 1.165) is 6.04 Å². The number of aliphatic hydroxyl groups excluding tert-OH is 1. The Labute approximate surface area is 134 Å². The number of nitrogens with one attached hydrogen (secondary N) is 1. The first kappa shape index (κ1) is 20.9. The molecule has 0 bridgehead atoms. The van der Waals surface area contributed by atoms with Crippen molar-refractivity contribution in [3.63, 3.8) is 0 Å². The van der Waals surface area contributed by atoms with E-state index in [1.54, 1.807) is 0 Å². The van der Waals surface area contributed by atoms with Crippen molar-refractivity contribution in [1.82, 2.24) is 5.32 Å². The molecule has 0 heterocycles. The molecular weight excluding hydrogens is 258 g/mol. The predicted molar refractivity (Wildman–Crippen MR) is 94.7 cm³/mol. The quantitative estimate of drug-likeness (QED) is 0.752. The van der Waals surface area contributed by atoms with Gasteiger partial charge in [0.25, 0.3) is 0 Å². The van der Waals surface area contributed by atoms with E-state index in [1.165, 1.54) is 51.4 Å². The maximum Gasteiger partial charge on any atom is 0.0591 e. The molecule has 21 heavy (non-hydrogen) atoms. The van der Waals surface area contributed by atoms with Crippen LogP contribution in [0.15, 0.2) is 0 Å². The van der Waals surface area contributed by atoms with E-state index < -0.39 is 0 Å². The molecule has 2 heteroatoms. The number of aliphatic hydroxyl groups is 1. The summed E-state index contributed by atoms with van der Waals surface area (Å²) in [5, 5.41) is 13.2. The van der Waals surface area contributed by atoms with Gasteiger partial charge in [-0.25, -0.2) is 0 Å². The van der Waals surface area contributed by atoms with Crippen LogP contribution < -0.4 is 5.32 Å². The minimum absolute atomic E-state index is 0.0394. The van der Waals surface area contributed by atoms with Gasteiger partial charge in [-0.15, -0.1) is 0 Å². The van der Waals surface area contributed by atoms with Crippen molar-refractivity contribution in [2.24, 2.45) is 11.8 Å². The Morgan fingerprint density at radius 2 is 1.24 bits per heavy atom. The van der Waals surface area contributed by atoms with Crippen LogP contribution in [0.5, 0.6) is 0 Å². The van der Waals surface area contributed by atoms with Gasteiger partial charge < -0.3 is 10.4 Å². The van der Waals surface area contributed by atoms with Crippen molar-refractivity contribution in [2.45, 2.75) is 111 Å². The first-order valence-corrected chi connectivity index (χ1v) is 9.44. The van der Waals surface area contributed by atoms with E-state index in [2.05, 4.69) is 33.0 Å². The summed E-state index contributed by atoms with van der Waals surface area (Å²) in [5.41, 5.74) is 0. The van der Waals surface area contributed by atoms with Crippen LogP contribution >= 0.6 is 0 Å². The van der Waals surface area contributed by atoms with Crippen molar-refractivity contribution >= 4 is 0 Å². The largest absolute Gasteiger partial charge is 0.393 e. The Hall–Kier alpha value is -0.0800. The first-order valence-electron chi connectivity index (χ1n) is 9.44. The molecule has 0 radical (unpaired) electrons. The molecule has 2 nitrogen and oxygen atoms in total. The molecular formula is C19H41NO. The monoisotopic (exact) mass is 299 g/mol. The minimum atomic E-state index is -0.0394. The highest BCUT2D eigenvalue weighted by Crippen LogP contribution is 2.30. The van der Waals surface area contributed by atoms with E-state index >= 15 is 0 Å². The smallest absolute Gasteiger partial charge is 0.0591 e. The summed E-state index contributed by atoms with van der Waals surface area (Å²) in [7, 11) is 0. The van der Waals surface area contributed by atoms with Crippen molar-refractivity contribution < 1.29 is 5.11 Å². The van der Waals surface area contributed by atoms with Crippen molar-refractivity contribution in [1.29, 1.82) is 0 Å². The van der Waals surface area contributed by atoms with Crippen LogP contribution in [-0.4, -0.2) is 23.3 Å². The zero-order valence-electron chi connectivity index (χ0n) is 15.5. The topological polar surface area (TPSA) is 32.3 Å². The lowest BCUT2D eigenvalue weighted by molar-refractivity contribution is 0.0673. The third kappa shape index (κ3) is 9.52. The molecule has 2 rings (SSSR count). The molecule has 128 valence electrons. The highest BCUT2D eigenvalue weighted by atomic mass is 16.3. The molecule has 1 unspecified atom stereocenters. The fourth-order valence-electron chi connectivity index (χ4n) is 3.41. The Morgan fingerprint density at radius 3 is 1.62 bits per heavy atom. The van der Waals surface area contributed by atoms with Gasteiger partial charge in [-0.05, 0) is 37.5 Å². The molecule has 2 N–H and O–H groups in total. The molecule has 2 saturated carbocycles. The third-order valence-electron chi connectivity index (χ3n) is 4.49. The van der Waals surface area contributed by atoms with Gasteiger partial charge in [0, 0.05) is 12.1 Å². The molecule has 0 amide bonds. The van der Waals surface area contributed by atoms with Crippen LogP contribution in [0.25, 0.3) is 0 Å². The Balaban J connectivity index is 0.000000342. The maximum absolute atomic E-state index is 9.63. The minimum Gasteiger partial charge on any atom is -0.393 e. The molecule has 2 fully saturated rings. The van der Waals surface area contributed by atoms with Crippen LogP contribution in [-0.2, 0) is 0 Å². The van der Waals surface area contributed by atoms with Gasteiger partial charge in [-0.3, -0.25) is 0 Å². The molecule has 2 aliphatic rings. The molecule has 0 aliphatic heterocycles. The summed E-state index contributed by atoms with van der Waals surface area (Å²) >= 11 is 0. The van der Waals surface area contributed by atoms with Crippen molar-refractivity contribution in [3.8, 4) is 0 Å². The van der Waals surface area contributed by atoms with Crippen LogP contribution in [0.3, 0.4) is 0 Å². The fourth-order valence-corrected chi connectivity index (χ4v) is 3.41. The zero-order valence-corrected chi connectivity index (χ0v) is 15.5. The number of hydrogen-bond donors (Lipinski definition) is 2. The van der Waals surface area contributed by atoms with Crippen LogP contribution in [0, 0.1) is 11.8 Å². The molecule has 2 aliphatic carbocycles. The van der Waals surface area contributed by atoms with Gasteiger partial charge in [-0.2, -0.15) is 0 Å². The van der Waals surface area contributed by atoms with Gasteiger partial charge in [-0.1, -0.05) is 67.2 Å². The van der Waals surface area contributed by atoms with Crippen molar-refractivity contribution in [2.75, 3.05) is 0 Å². The second-order valence-corrected chi connectivity index (χ2v) is 7.08. The van der Waals surface area contributed by atoms with E-state index in [1.807, 2.05) is 13.8 Å². The Bertz CT molecular complexity index is 216. The summed E-state index contributed by atoms with van der Waals surface area (Å²) in [4.78, 5) is 0. The Morgan fingerprint density at radius 1 is 0.810 bits per heavy atom. The van der Waals surface area contributed by atoms with Crippen LogP contribution in [0.2, 0.25) is 0 Å². The lowest BCUT2D eigenvalue weighted by Crippen LogP contribution is -2.32. The first-order chi connectivity index (χ1) is 10.0. The molecule has 0 saturated heterocycles. The van der Waals surface area contributed by atoms with E-state index in [0.29, 0.717) is 17.9 Å². The van der Waals surface area contributed by atoms with Gasteiger partial charge in [0.05, 0.1) is 6.10 Å². The van der Waals surface area contributed by atoms with Gasteiger partial charge >= 0.3 is 0 Å². The molecule has 0 aromatic heterocycles. The predicted octanol–water partition coefficient (Wildman–Crippen LogP) is 5.15. The maximum atomic E-state index is 9.63. The number of rotatable bonds is 4. The molecule has 0 spiro atoms. The average Bonchev–Trinajstić information content (AvgIpc) is 3.12. The highest BCUT2D eigenvalue weighted by molar-refractivity contribution is 4.76. The van der Waals surface area contributed by atoms with E-state index in [9.17, 15) is 5.11 Å². The normalized spacial score (nSPS) is 21.0. The number of hydrogen-bond acceptors (Lipinski definition) is 2. The highest BCUT2D eigenvalue weighted by Gasteiger charge is 2.24. The van der Waals surface area contributed by atoms with Gasteiger partial charge in [0.15, 0.2) is 0 Å². The van der Waals surface area contributed by atoms with Crippen LogP contribution in [0.1, 0.15) is 92.9 Å².